The molecule has 0 saturated heterocycles. The second kappa shape index (κ2) is 6.12. The lowest BCUT2D eigenvalue weighted by Crippen LogP contribution is -1.99. The molecule has 0 radical (unpaired) electrons. The quantitative estimate of drug-likeness (QED) is 0.725. The molecule has 1 atom stereocenters. The summed E-state index contributed by atoms with van der Waals surface area (Å²) in [5.41, 5.74) is 4.90. The van der Waals surface area contributed by atoms with E-state index in [0.29, 0.717) is 0 Å². The molecule has 100 valence electrons. The second-order valence-corrected chi connectivity index (χ2v) is 5.41. The zero-order chi connectivity index (χ0) is 13.8. The smallest absolute Gasteiger partial charge is 0.119 e. The van der Waals surface area contributed by atoms with Gasteiger partial charge in [-0.15, -0.1) is 11.6 Å². The number of benzene rings is 2. The molecule has 0 amide bonds. The monoisotopic (exact) mass is 274 g/mol. The van der Waals surface area contributed by atoms with Gasteiger partial charge in [-0.05, 0) is 49.1 Å². The molecule has 0 N–H and O–H groups in total. The SMILES string of the molecule is COc1cccc(CC(Cl)c2cc(C)ccc2C)c1. The predicted octanol–water partition coefficient (Wildman–Crippen LogP) is 4.83. The summed E-state index contributed by atoms with van der Waals surface area (Å²) in [6, 6.07) is 14.5. The molecule has 0 aromatic heterocycles. The summed E-state index contributed by atoms with van der Waals surface area (Å²) in [5, 5.41) is -0.00740. The maximum Gasteiger partial charge on any atom is 0.119 e. The first kappa shape index (κ1) is 14.0. The fourth-order valence-electron chi connectivity index (χ4n) is 2.21. The number of halogens is 1. The lowest BCUT2D eigenvalue weighted by molar-refractivity contribution is 0.414. The van der Waals surface area contributed by atoms with E-state index in [2.05, 4.69) is 38.1 Å². The molecule has 2 heteroatoms. The normalized spacial score (nSPS) is 12.2. The molecule has 0 saturated carbocycles. The number of aryl methyl sites for hydroxylation is 2. The van der Waals surface area contributed by atoms with E-state index < -0.39 is 0 Å². The standard InChI is InChI=1S/C17H19ClO/c1-12-7-8-13(2)16(9-12)17(18)11-14-5-4-6-15(10-14)19-3/h4-10,17H,11H2,1-3H3. The lowest BCUT2D eigenvalue weighted by Gasteiger charge is -2.14. The van der Waals surface area contributed by atoms with Crippen molar-refractivity contribution in [2.45, 2.75) is 25.6 Å². The summed E-state index contributed by atoms with van der Waals surface area (Å²) >= 11 is 6.57. The van der Waals surface area contributed by atoms with E-state index in [1.54, 1.807) is 7.11 Å². The van der Waals surface area contributed by atoms with Crippen LogP contribution in [0.1, 0.15) is 27.6 Å². The Hall–Kier alpha value is -1.47. The predicted molar refractivity (Wildman–Crippen MR) is 81.2 cm³/mol. The number of methoxy groups -OCH3 is 1. The number of rotatable bonds is 4. The average molecular weight is 275 g/mol. The van der Waals surface area contributed by atoms with Crippen LogP contribution < -0.4 is 4.74 Å². The van der Waals surface area contributed by atoms with Crippen LogP contribution in [0.5, 0.6) is 5.75 Å². The number of hydrogen-bond donors (Lipinski definition) is 0. The number of ether oxygens (including phenoxy) is 1. The molecule has 19 heavy (non-hydrogen) atoms. The van der Waals surface area contributed by atoms with Crippen LogP contribution in [0.2, 0.25) is 0 Å². The van der Waals surface area contributed by atoms with Gasteiger partial charge in [0.05, 0.1) is 12.5 Å². The highest BCUT2D eigenvalue weighted by molar-refractivity contribution is 6.21. The van der Waals surface area contributed by atoms with Crippen molar-refractivity contribution in [3.05, 3.63) is 64.7 Å². The molecule has 0 aliphatic carbocycles. The lowest BCUT2D eigenvalue weighted by atomic mass is 9.98. The van der Waals surface area contributed by atoms with E-state index in [-0.39, 0.29) is 5.38 Å². The summed E-state index contributed by atoms with van der Waals surface area (Å²) in [4.78, 5) is 0. The van der Waals surface area contributed by atoms with Crippen molar-refractivity contribution in [2.24, 2.45) is 0 Å². The summed E-state index contributed by atoms with van der Waals surface area (Å²) in [6.07, 6.45) is 0.809. The summed E-state index contributed by atoms with van der Waals surface area (Å²) in [6.45, 7) is 4.20. The molecule has 0 aliphatic heterocycles. The first-order chi connectivity index (χ1) is 9.10. The Labute approximate surface area is 120 Å². The van der Waals surface area contributed by atoms with Crippen LogP contribution in [-0.4, -0.2) is 7.11 Å². The maximum atomic E-state index is 6.57. The average Bonchev–Trinajstić information content (AvgIpc) is 2.41. The minimum absolute atomic E-state index is 0.00740. The van der Waals surface area contributed by atoms with Gasteiger partial charge in [-0.25, -0.2) is 0 Å². The van der Waals surface area contributed by atoms with Gasteiger partial charge in [0.15, 0.2) is 0 Å². The van der Waals surface area contributed by atoms with Crippen molar-refractivity contribution in [3.8, 4) is 5.75 Å². The fraction of sp³-hybridized carbons (Fsp3) is 0.294. The van der Waals surface area contributed by atoms with Crippen LogP contribution in [0.3, 0.4) is 0 Å². The maximum absolute atomic E-state index is 6.57. The van der Waals surface area contributed by atoms with Crippen LogP contribution in [0, 0.1) is 13.8 Å². The van der Waals surface area contributed by atoms with E-state index in [4.69, 9.17) is 16.3 Å². The molecule has 0 bridgehead atoms. The minimum atomic E-state index is -0.00740. The molecule has 2 rings (SSSR count). The van der Waals surface area contributed by atoms with Crippen molar-refractivity contribution >= 4 is 11.6 Å². The Kier molecular flexibility index (Phi) is 4.49. The van der Waals surface area contributed by atoms with Crippen molar-refractivity contribution in [1.29, 1.82) is 0 Å². The zero-order valence-electron chi connectivity index (χ0n) is 11.6. The van der Waals surface area contributed by atoms with Gasteiger partial charge >= 0.3 is 0 Å². The first-order valence-corrected chi connectivity index (χ1v) is 6.88. The van der Waals surface area contributed by atoms with E-state index in [1.807, 2.05) is 18.2 Å². The Morgan fingerprint density at radius 3 is 2.63 bits per heavy atom. The van der Waals surface area contributed by atoms with E-state index in [0.717, 1.165) is 12.2 Å². The van der Waals surface area contributed by atoms with Gasteiger partial charge in [-0.1, -0.05) is 35.9 Å². The summed E-state index contributed by atoms with van der Waals surface area (Å²) in [5.74, 6) is 0.877. The first-order valence-electron chi connectivity index (χ1n) is 6.44. The van der Waals surface area contributed by atoms with Crippen LogP contribution in [0.15, 0.2) is 42.5 Å². The summed E-state index contributed by atoms with van der Waals surface area (Å²) in [7, 11) is 1.68. The molecule has 0 fully saturated rings. The van der Waals surface area contributed by atoms with Gasteiger partial charge < -0.3 is 4.74 Å². The van der Waals surface area contributed by atoms with E-state index >= 15 is 0 Å². The van der Waals surface area contributed by atoms with Crippen LogP contribution >= 0.6 is 11.6 Å². The van der Waals surface area contributed by atoms with Crippen LogP contribution in [0.4, 0.5) is 0 Å². The van der Waals surface area contributed by atoms with Crippen LogP contribution in [-0.2, 0) is 6.42 Å². The zero-order valence-corrected chi connectivity index (χ0v) is 12.4. The van der Waals surface area contributed by atoms with Crippen molar-refractivity contribution in [1.82, 2.24) is 0 Å². The molecule has 2 aromatic rings. The van der Waals surface area contributed by atoms with Crippen molar-refractivity contribution < 1.29 is 4.74 Å². The topological polar surface area (TPSA) is 9.23 Å². The Morgan fingerprint density at radius 1 is 1.11 bits per heavy atom. The molecular weight excluding hydrogens is 256 g/mol. The Morgan fingerprint density at radius 2 is 1.89 bits per heavy atom. The van der Waals surface area contributed by atoms with Gasteiger partial charge in [0, 0.05) is 0 Å². The minimum Gasteiger partial charge on any atom is -0.497 e. The third-order valence-corrected chi connectivity index (χ3v) is 3.71. The molecular formula is C17H19ClO. The molecule has 2 aromatic carbocycles. The van der Waals surface area contributed by atoms with Gasteiger partial charge in [0.25, 0.3) is 0 Å². The van der Waals surface area contributed by atoms with Gasteiger partial charge in [-0.3, -0.25) is 0 Å². The van der Waals surface area contributed by atoms with Crippen molar-refractivity contribution in [2.75, 3.05) is 7.11 Å². The van der Waals surface area contributed by atoms with Crippen LogP contribution in [0.25, 0.3) is 0 Å². The van der Waals surface area contributed by atoms with E-state index in [1.165, 1.54) is 22.3 Å². The molecule has 1 unspecified atom stereocenters. The highest BCUT2D eigenvalue weighted by Crippen LogP contribution is 2.29. The fourth-order valence-corrected chi connectivity index (χ4v) is 2.63. The Balaban J connectivity index is 2.20. The molecule has 0 aliphatic rings. The van der Waals surface area contributed by atoms with Gasteiger partial charge in [0.2, 0.25) is 0 Å². The van der Waals surface area contributed by atoms with Gasteiger partial charge in [0.1, 0.15) is 5.75 Å². The number of hydrogen-bond acceptors (Lipinski definition) is 1. The molecule has 0 spiro atoms. The largest absolute Gasteiger partial charge is 0.497 e. The highest BCUT2D eigenvalue weighted by Gasteiger charge is 2.12. The Bertz CT molecular complexity index is 563. The third kappa shape index (κ3) is 3.51. The second-order valence-electron chi connectivity index (χ2n) is 4.88. The number of alkyl halides is 1. The summed E-state index contributed by atoms with van der Waals surface area (Å²) < 4.78 is 5.24. The van der Waals surface area contributed by atoms with E-state index in [9.17, 15) is 0 Å². The third-order valence-electron chi connectivity index (χ3n) is 3.32. The van der Waals surface area contributed by atoms with Crippen molar-refractivity contribution in [3.63, 3.8) is 0 Å². The molecule has 1 nitrogen and oxygen atoms in total. The van der Waals surface area contributed by atoms with Gasteiger partial charge in [-0.2, -0.15) is 0 Å². The highest BCUT2D eigenvalue weighted by atomic mass is 35.5. The molecule has 0 heterocycles.